The fraction of sp³-hybridized carbons (Fsp3) is 0.667. The van der Waals surface area contributed by atoms with Crippen LogP contribution in [0, 0.1) is 5.92 Å². The van der Waals surface area contributed by atoms with Gasteiger partial charge in [-0.1, -0.05) is 20.8 Å². The largest absolute Gasteiger partial charge is 0.370 e. The quantitative estimate of drug-likeness (QED) is 0.802. The summed E-state index contributed by atoms with van der Waals surface area (Å²) in [4.78, 5) is 10.6. The van der Waals surface area contributed by atoms with Gasteiger partial charge in [0.05, 0.1) is 0 Å². The number of aromatic nitrogens is 2. The summed E-state index contributed by atoms with van der Waals surface area (Å²) >= 11 is 0. The summed E-state index contributed by atoms with van der Waals surface area (Å²) < 4.78 is 0. The summed E-state index contributed by atoms with van der Waals surface area (Å²) in [6, 6.07) is 2.00. The van der Waals surface area contributed by atoms with Crippen molar-refractivity contribution < 1.29 is 0 Å². The molecule has 0 bridgehead atoms. The highest BCUT2D eigenvalue weighted by Gasteiger charge is 2.05. The van der Waals surface area contributed by atoms with Crippen LogP contribution in [-0.2, 0) is 0 Å². The van der Waals surface area contributed by atoms with E-state index in [4.69, 9.17) is 0 Å². The zero-order valence-electron chi connectivity index (χ0n) is 10.7. The number of nitrogens with zero attached hydrogens (tertiary/aromatic N) is 3. The van der Waals surface area contributed by atoms with Crippen molar-refractivity contribution in [1.29, 1.82) is 0 Å². The smallest absolute Gasteiger partial charge is 0.133 e. The standard InChI is InChI=1S/C12H22N4/c1-5-6-13-11-7-12(15-9-14-11)16(4)8-10(2)3/h7,9-10H,5-6,8H2,1-4H3,(H,13,14,15). The average Bonchev–Trinajstić information content (AvgIpc) is 2.26. The van der Waals surface area contributed by atoms with Gasteiger partial charge in [-0.25, -0.2) is 9.97 Å². The number of hydrogen-bond acceptors (Lipinski definition) is 4. The second kappa shape index (κ2) is 6.30. The molecule has 0 aliphatic heterocycles. The molecule has 0 radical (unpaired) electrons. The predicted octanol–water partition coefficient (Wildman–Crippen LogP) is 2.39. The molecule has 0 atom stereocenters. The van der Waals surface area contributed by atoms with Gasteiger partial charge >= 0.3 is 0 Å². The van der Waals surface area contributed by atoms with E-state index in [0.717, 1.165) is 31.1 Å². The summed E-state index contributed by atoms with van der Waals surface area (Å²) in [6.45, 7) is 8.50. The lowest BCUT2D eigenvalue weighted by Crippen LogP contribution is -2.23. The molecule has 0 amide bonds. The topological polar surface area (TPSA) is 41.0 Å². The Labute approximate surface area is 98.1 Å². The molecule has 1 aromatic heterocycles. The van der Waals surface area contributed by atoms with Crippen molar-refractivity contribution >= 4 is 11.6 Å². The molecule has 90 valence electrons. The van der Waals surface area contributed by atoms with Gasteiger partial charge in [0, 0.05) is 26.2 Å². The van der Waals surface area contributed by atoms with Gasteiger partial charge in [-0.3, -0.25) is 0 Å². The molecule has 0 aliphatic rings. The lowest BCUT2D eigenvalue weighted by molar-refractivity contribution is 0.634. The highest BCUT2D eigenvalue weighted by molar-refractivity contribution is 5.47. The third-order valence-electron chi connectivity index (χ3n) is 2.24. The molecular formula is C12H22N4. The minimum Gasteiger partial charge on any atom is -0.370 e. The molecule has 0 spiro atoms. The third kappa shape index (κ3) is 4.04. The molecule has 16 heavy (non-hydrogen) atoms. The maximum absolute atomic E-state index is 4.28. The van der Waals surface area contributed by atoms with E-state index in [1.165, 1.54) is 0 Å². The molecule has 0 saturated heterocycles. The van der Waals surface area contributed by atoms with Crippen molar-refractivity contribution in [3.05, 3.63) is 12.4 Å². The lowest BCUT2D eigenvalue weighted by Gasteiger charge is -2.20. The van der Waals surface area contributed by atoms with Crippen LogP contribution in [0.1, 0.15) is 27.2 Å². The Kier molecular flexibility index (Phi) is 5.02. The monoisotopic (exact) mass is 222 g/mol. The molecule has 0 fully saturated rings. The Morgan fingerprint density at radius 1 is 1.38 bits per heavy atom. The lowest BCUT2D eigenvalue weighted by atomic mass is 10.2. The van der Waals surface area contributed by atoms with Gasteiger partial charge in [-0.2, -0.15) is 0 Å². The van der Waals surface area contributed by atoms with Gasteiger partial charge in [-0.05, 0) is 12.3 Å². The van der Waals surface area contributed by atoms with E-state index >= 15 is 0 Å². The molecule has 4 heteroatoms. The van der Waals surface area contributed by atoms with Crippen LogP contribution in [-0.4, -0.2) is 30.1 Å². The van der Waals surface area contributed by atoms with Gasteiger partial charge in [-0.15, -0.1) is 0 Å². The maximum atomic E-state index is 4.28. The molecule has 1 heterocycles. The molecule has 1 N–H and O–H groups in total. The van der Waals surface area contributed by atoms with E-state index in [-0.39, 0.29) is 0 Å². The van der Waals surface area contributed by atoms with Crippen LogP contribution < -0.4 is 10.2 Å². The Bertz CT molecular complexity index is 312. The van der Waals surface area contributed by atoms with Crippen molar-refractivity contribution in [2.75, 3.05) is 30.4 Å². The van der Waals surface area contributed by atoms with Crippen LogP contribution in [0.5, 0.6) is 0 Å². The van der Waals surface area contributed by atoms with Gasteiger partial charge in [0.15, 0.2) is 0 Å². The first-order valence-electron chi connectivity index (χ1n) is 5.90. The van der Waals surface area contributed by atoms with Crippen LogP contribution in [0.3, 0.4) is 0 Å². The first-order chi connectivity index (χ1) is 7.63. The maximum Gasteiger partial charge on any atom is 0.133 e. The molecule has 0 unspecified atom stereocenters. The average molecular weight is 222 g/mol. The van der Waals surface area contributed by atoms with Crippen LogP contribution in [0.25, 0.3) is 0 Å². The van der Waals surface area contributed by atoms with Crippen LogP contribution in [0.2, 0.25) is 0 Å². The first-order valence-corrected chi connectivity index (χ1v) is 5.90. The van der Waals surface area contributed by atoms with Crippen molar-refractivity contribution in [2.24, 2.45) is 5.92 Å². The minimum atomic E-state index is 0.631. The molecule has 0 aromatic carbocycles. The highest BCUT2D eigenvalue weighted by atomic mass is 15.2. The van der Waals surface area contributed by atoms with Gasteiger partial charge in [0.25, 0.3) is 0 Å². The van der Waals surface area contributed by atoms with E-state index in [9.17, 15) is 0 Å². The number of nitrogens with one attached hydrogen (secondary N) is 1. The van der Waals surface area contributed by atoms with Crippen molar-refractivity contribution in [3.63, 3.8) is 0 Å². The Balaban J connectivity index is 2.65. The Morgan fingerprint density at radius 2 is 2.12 bits per heavy atom. The fourth-order valence-corrected chi connectivity index (χ4v) is 1.55. The number of rotatable bonds is 6. The van der Waals surface area contributed by atoms with Crippen LogP contribution in [0.4, 0.5) is 11.6 Å². The SMILES string of the molecule is CCCNc1cc(N(C)CC(C)C)ncn1. The van der Waals surface area contributed by atoms with E-state index in [1.54, 1.807) is 6.33 Å². The second-order valence-corrected chi connectivity index (χ2v) is 4.46. The summed E-state index contributed by atoms with van der Waals surface area (Å²) in [6.07, 6.45) is 2.71. The highest BCUT2D eigenvalue weighted by Crippen LogP contribution is 2.13. The van der Waals surface area contributed by atoms with Gasteiger partial charge < -0.3 is 10.2 Å². The summed E-state index contributed by atoms with van der Waals surface area (Å²) in [5.74, 6) is 2.51. The van der Waals surface area contributed by atoms with Crippen LogP contribution in [0.15, 0.2) is 12.4 Å². The molecule has 4 nitrogen and oxygen atoms in total. The molecule has 1 rings (SSSR count). The van der Waals surface area contributed by atoms with Crippen molar-refractivity contribution in [3.8, 4) is 0 Å². The zero-order valence-corrected chi connectivity index (χ0v) is 10.7. The zero-order chi connectivity index (χ0) is 12.0. The predicted molar refractivity (Wildman–Crippen MR) is 68.9 cm³/mol. The van der Waals surface area contributed by atoms with Crippen molar-refractivity contribution in [1.82, 2.24) is 9.97 Å². The second-order valence-electron chi connectivity index (χ2n) is 4.46. The third-order valence-corrected chi connectivity index (χ3v) is 2.24. The Morgan fingerprint density at radius 3 is 2.75 bits per heavy atom. The van der Waals surface area contributed by atoms with E-state index in [1.807, 2.05) is 6.07 Å². The minimum absolute atomic E-state index is 0.631. The van der Waals surface area contributed by atoms with Gasteiger partial charge in [0.2, 0.25) is 0 Å². The number of anilines is 2. The first kappa shape index (κ1) is 12.7. The van der Waals surface area contributed by atoms with E-state index in [0.29, 0.717) is 5.92 Å². The van der Waals surface area contributed by atoms with Gasteiger partial charge in [0.1, 0.15) is 18.0 Å². The summed E-state index contributed by atoms with van der Waals surface area (Å²) in [5, 5.41) is 3.27. The normalized spacial score (nSPS) is 10.6. The van der Waals surface area contributed by atoms with E-state index < -0.39 is 0 Å². The number of hydrogen-bond donors (Lipinski definition) is 1. The van der Waals surface area contributed by atoms with Crippen molar-refractivity contribution in [2.45, 2.75) is 27.2 Å². The van der Waals surface area contributed by atoms with Crippen LogP contribution >= 0.6 is 0 Å². The summed E-state index contributed by atoms with van der Waals surface area (Å²) in [5.41, 5.74) is 0. The Hall–Kier alpha value is -1.32. The molecular weight excluding hydrogens is 200 g/mol. The molecule has 1 aromatic rings. The molecule has 0 saturated carbocycles. The molecule has 0 aliphatic carbocycles. The van der Waals surface area contributed by atoms with E-state index in [2.05, 4.69) is 48.0 Å². The summed E-state index contributed by atoms with van der Waals surface area (Å²) in [7, 11) is 2.06. The fourth-order valence-electron chi connectivity index (χ4n) is 1.55.